The van der Waals surface area contributed by atoms with Crippen molar-refractivity contribution in [1.82, 2.24) is 14.9 Å². The summed E-state index contributed by atoms with van der Waals surface area (Å²) in [6.07, 6.45) is 5.08. The molecular weight excluding hydrogens is 234 g/mol. The van der Waals surface area contributed by atoms with E-state index in [4.69, 9.17) is 0 Å². The van der Waals surface area contributed by atoms with Gasteiger partial charge in [0, 0.05) is 30.0 Å². The molecule has 3 heteroatoms. The number of likely N-dealkylation sites (N-methyl/N-ethyl adjacent to an activating group) is 1. The van der Waals surface area contributed by atoms with Gasteiger partial charge in [-0.05, 0) is 19.9 Å². The highest BCUT2D eigenvalue weighted by molar-refractivity contribution is 5.55. The molecule has 0 saturated carbocycles. The summed E-state index contributed by atoms with van der Waals surface area (Å²) in [7, 11) is 0. The molecule has 0 amide bonds. The van der Waals surface area contributed by atoms with Crippen molar-refractivity contribution < 1.29 is 0 Å². The second kappa shape index (κ2) is 6.53. The van der Waals surface area contributed by atoms with E-state index in [0.29, 0.717) is 12.1 Å². The van der Waals surface area contributed by atoms with E-state index in [2.05, 4.69) is 66.1 Å². The molecule has 2 aromatic rings. The largest absolute Gasteiger partial charge is 0.327 e. The van der Waals surface area contributed by atoms with Crippen LogP contribution in [0.1, 0.15) is 33.2 Å². The molecule has 0 aliphatic rings. The molecule has 0 spiro atoms. The minimum Gasteiger partial charge on any atom is -0.327 e. The van der Waals surface area contributed by atoms with Crippen LogP contribution in [0.25, 0.3) is 11.4 Å². The van der Waals surface area contributed by atoms with Gasteiger partial charge in [0.1, 0.15) is 5.82 Å². The van der Waals surface area contributed by atoms with Gasteiger partial charge in [-0.2, -0.15) is 0 Å². The standard InChI is InChI=1S/C16H23N3/c1-4-15(17-5-2)13(3)19-12-11-18-16(19)14-9-7-6-8-10-14/h6-13,15,17H,4-5H2,1-3H3. The Balaban J connectivity index is 2.29. The van der Waals surface area contributed by atoms with Crippen LogP contribution >= 0.6 is 0 Å². The normalized spacial score (nSPS) is 14.3. The zero-order valence-electron chi connectivity index (χ0n) is 12.0. The van der Waals surface area contributed by atoms with Gasteiger partial charge in [-0.15, -0.1) is 0 Å². The van der Waals surface area contributed by atoms with Gasteiger partial charge in [0.15, 0.2) is 0 Å². The molecule has 2 unspecified atom stereocenters. The Bertz CT molecular complexity index is 490. The number of hydrogen-bond acceptors (Lipinski definition) is 2. The molecule has 0 radical (unpaired) electrons. The van der Waals surface area contributed by atoms with Crippen LogP contribution in [0.4, 0.5) is 0 Å². The lowest BCUT2D eigenvalue weighted by Crippen LogP contribution is -2.35. The Morgan fingerprint density at radius 1 is 1.21 bits per heavy atom. The number of nitrogens with zero attached hydrogens (tertiary/aromatic N) is 2. The van der Waals surface area contributed by atoms with Crippen molar-refractivity contribution in [2.24, 2.45) is 0 Å². The summed E-state index contributed by atoms with van der Waals surface area (Å²) in [5, 5.41) is 3.55. The number of rotatable bonds is 6. The lowest BCUT2D eigenvalue weighted by Gasteiger charge is -2.26. The van der Waals surface area contributed by atoms with Crippen LogP contribution in [0.3, 0.4) is 0 Å². The average Bonchev–Trinajstić information content (AvgIpc) is 2.94. The quantitative estimate of drug-likeness (QED) is 0.858. The molecule has 0 aliphatic heterocycles. The molecule has 0 saturated heterocycles. The first kappa shape index (κ1) is 13.8. The fourth-order valence-electron chi connectivity index (χ4n) is 2.56. The van der Waals surface area contributed by atoms with Gasteiger partial charge in [0.05, 0.1) is 0 Å². The van der Waals surface area contributed by atoms with Crippen molar-refractivity contribution in [1.29, 1.82) is 0 Å². The summed E-state index contributed by atoms with van der Waals surface area (Å²) in [5.74, 6) is 1.05. The summed E-state index contributed by atoms with van der Waals surface area (Å²) < 4.78 is 2.27. The molecule has 0 bridgehead atoms. The predicted octanol–water partition coefficient (Wildman–Crippen LogP) is 3.50. The van der Waals surface area contributed by atoms with Gasteiger partial charge in [-0.3, -0.25) is 0 Å². The van der Waals surface area contributed by atoms with E-state index in [1.54, 1.807) is 0 Å². The summed E-state index contributed by atoms with van der Waals surface area (Å²) >= 11 is 0. The smallest absolute Gasteiger partial charge is 0.140 e. The minimum atomic E-state index is 0.391. The van der Waals surface area contributed by atoms with E-state index >= 15 is 0 Å². The first-order valence-corrected chi connectivity index (χ1v) is 7.09. The van der Waals surface area contributed by atoms with Gasteiger partial charge in [0.2, 0.25) is 0 Å². The van der Waals surface area contributed by atoms with Crippen LogP contribution in [0.2, 0.25) is 0 Å². The fraction of sp³-hybridized carbons (Fsp3) is 0.438. The zero-order valence-corrected chi connectivity index (χ0v) is 12.0. The van der Waals surface area contributed by atoms with Gasteiger partial charge < -0.3 is 9.88 Å². The summed E-state index contributed by atoms with van der Waals surface area (Å²) in [6.45, 7) is 7.63. The number of hydrogen-bond donors (Lipinski definition) is 1. The Labute approximate surface area is 115 Å². The summed E-state index contributed by atoms with van der Waals surface area (Å²) in [6, 6.07) is 11.2. The molecule has 19 heavy (non-hydrogen) atoms. The van der Waals surface area contributed by atoms with E-state index in [0.717, 1.165) is 18.8 Å². The molecule has 1 aromatic heterocycles. The van der Waals surface area contributed by atoms with Crippen LogP contribution in [-0.4, -0.2) is 22.1 Å². The lowest BCUT2D eigenvalue weighted by molar-refractivity contribution is 0.369. The zero-order chi connectivity index (χ0) is 13.7. The lowest BCUT2D eigenvalue weighted by atomic mass is 10.1. The topological polar surface area (TPSA) is 29.9 Å². The molecule has 2 atom stereocenters. The second-order valence-corrected chi connectivity index (χ2v) is 4.84. The molecule has 102 valence electrons. The van der Waals surface area contributed by atoms with E-state index in [-0.39, 0.29) is 0 Å². The van der Waals surface area contributed by atoms with Crippen molar-refractivity contribution in [3.8, 4) is 11.4 Å². The molecule has 0 aliphatic carbocycles. The Hall–Kier alpha value is -1.61. The van der Waals surface area contributed by atoms with Crippen molar-refractivity contribution in [2.75, 3.05) is 6.54 Å². The number of nitrogens with one attached hydrogen (secondary N) is 1. The first-order chi connectivity index (χ1) is 9.27. The van der Waals surface area contributed by atoms with E-state index in [9.17, 15) is 0 Å². The molecule has 1 N–H and O–H groups in total. The minimum absolute atomic E-state index is 0.391. The summed E-state index contributed by atoms with van der Waals surface area (Å²) in [5.41, 5.74) is 1.17. The van der Waals surface area contributed by atoms with Crippen molar-refractivity contribution in [2.45, 2.75) is 39.3 Å². The molecule has 1 aromatic carbocycles. The van der Waals surface area contributed by atoms with Crippen LogP contribution in [0.15, 0.2) is 42.7 Å². The van der Waals surface area contributed by atoms with E-state index < -0.39 is 0 Å². The maximum absolute atomic E-state index is 4.52. The van der Waals surface area contributed by atoms with Gasteiger partial charge >= 0.3 is 0 Å². The number of imidazole rings is 1. The van der Waals surface area contributed by atoms with Gasteiger partial charge in [-0.1, -0.05) is 44.2 Å². The van der Waals surface area contributed by atoms with Crippen molar-refractivity contribution in [3.05, 3.63) is 42.7 Å². The molecule has 3 nitrogen and oxygen atoms in total. The van der Waals surface area contributed by atoms with Crippen molar-refractivity contribution in [3.63, 3.8) is 0 Å². The number of benzene rings is 1. The third-order valence-electron chi connectivity index (χ3n) is 3.63. The Kier molecular flexibility index (Phi) is 4.74. The first-order valence-electron chi connectivity index (χ1n) is 7.09. The second-order valence-electron chi connectivity index (χ2n) is 4.84. The molecular formula is C16H23N3. The maximum Gasteiger partial charge on any atom is 0.140 e. The van der Waals surface area contributed by atoms with Crippen molar-refractivity contribution >= 4 is 0 Å². The van der Waals surface area contributed by atoms with Crippen LogP contribution < -0.4 is 5.32 Å². The summed E-state index contributed by atoms with van der Waals surface area (Å²) in [4.78, 5) is 4.52. The molecule has 2 rings (SSSR count). The monoisotopic (exact) mass is 257 g/mol. The Morgan fingerprint density at radius 2 is 1.95 bits per heavy atom. The highest BCUT2D eigenvalue weighted by atomic mass is 15.1. The third-order valence-corrected chi connectivity index (χ3v) is 3.63. The SMILES string of the molecule is CCNC(CC)C(C)n1ccnc1-c1ccccc1. The fourth-order valence-corrected chi connectivity index (χ4v) is 2.56. The maximum atomic E-state index is 4.52. The highest BCUT2D eigenvalue weighted by Gasteiger charge is 2.18. The van der Waals surface area contributed by atoms with Crippen LogP contribution in [-0.2, 0) is 0 Å². The van der Waals surface area contributed by atoms with E-state index in [1.807, 2.05) is 12.3 Å². The van der Waals surface area contributed by atoms with Gasteiger partial charge in [0.25, 0.3) is 0 Å². The van der Waals surface area contributed by atoms with Crippen LogP contribution in [0, 0.1) is 0 Å². The molecule has 1 heterocycles. The van der Waals surface area contributed by atoms with Crippen LogP contribution in [0.5, 0.6) is 0 Å². The predicted molar refractivity (Wildman–Crippen MR) is 80.1 cm³/mol. The number of aromatic nitrogens is 2. The molecule has 0 fully saturated rings. The average molecular weight is 257 g/mol. The Morgan fingerprint density at radius 3 is 2.58 bits per heavy atom. The van der Waals surface area contributed by atoms with E-state index in [1.165, 1.54) is 5.56 Å². The third kappa shape index (κ3) is 3.04. The van der Waals surface area contributed by atoms with Gasteiger partial charge in [-0.25, -0.2) is 4.98 Å². The highest BCUT2D eigenvalue weighted by Crippen LogP contribution is 2.23.